The standard InChI is InChI=1S/C17H27NO2S/c1-3-14-8-10-15(11-9-14)13-16(18-4-2)17-7-5-6-12-21(17,19)20/h8-11,16-18H,3-7,12-13H2,1-2H3. The van der Waals surface area contributed by atoms with Crippen LogP contribution in [-0.4, -0.2) is 32.0 Å². The van der Waals surface area contributed by atoms with Crippen molar-refractivity contribution < 1.29 is 8.42 Å². The third-order valence-electron chi connectivity index (χ3n) is 4.43. The molecule has 0 aliphatic carbocycles. The van der Waals surface area contributed by atoms with E-state index in [9.17, 15) is 8.42 Å². The zero-order chi connectivity index (χ0) is 15.3. The highest BCUT2D eigenvalue weighted by Crippen LogP contribution is 2.24. The Morgan fingerprint density at radius 1 is 1.14 bits per heavy atom. The Morgan fingerprint density at radius 2 is 1.81 bits per heavy atom. The van der Waals surface area contributed by atoms with Crippen molar-refractivity contribution in [2.24, 2.45) is 0 Å². The van der Waals surface area contributed by atoms with Gasteiger partial charge in [0.2, 0.25) is 0 Å². The lowest BCUT2D eigenvalue weighted by molar-refractivity contribution is 0.441. The average Bonchev–Trinajstić information content (AvgIpc) is 2.47. The van der Waals surface area contributed by atoms with E-state index in [1.54, 1.807) is 0 Å². The van der Waals surface area contributed by atoms with E-state index >= 15 is 0 Å². The molecule has 118 valence electrons. The summed E-state index contributed by atoms with van der Waals surface area (Å²) in [6, 6.07) is 8.60. The number of nitrogens with one attached hydrogen (secondary N) is 1. The van der Waals surface area contributed by atoms with E-state index in [0.29, 0.717) is 5.75 Å². The predicted molar refractivity (Wildman–Crippen MR) is 88.4 cm³/mol. The fourth-order valence-electron chi connectivity index (χ4n) is 3.19. The van der Waals surface area contributed by atoms with Crippen molar-refractivity contribution in [1.29, 1.82) is 0 Å². The van der Waals surface area contributed by atoms with E-state index in [-0.39, 0.29) is 11.3 Å². The summed E-state index contributed by atoms with van der Waals surface area (Å²) in [6.45, 7) is 5.00. The van der Waals surface area contributed by atoms with E-state index in [1.807, 2.05) is 6.92 Å². The smallest absolute Gasteiger partial charge is 0.154 e. The van der Waals surface area contributed by atoms with Crippen LogP contribution in [-0.2, 0) is 22.7 Å². The summed E-state index contributed by atoms with van der Waals surface area (Å²) in [7, 11) is -2.94. The van der Waals surface area contributed by atoms with Gasteiger partial charge in [-0.15, -0.1) is 0 Å². The number of aryl methyl sites for hydroxylation is 1. The van der Waals surface area contributed by atoms with Gasteiger partial charge >= 0.3 is 0 Å². The predicted octanol–water partition coefficient (Wildman–Crippen LogP) is 2.74. The van der Waals surface area contributed by atoms with Crippen molar-refractivity contribution in [3.8, 4) is 0 Å². The van der Waals surface area contributed by atoms with Crippen LogP contribution in [0.2, 0.25) is 0 Å². The lowest BCUT2D eigenvalue weighted by Gasteiger charge is -2.30. The van der Waals surface area contributed by atoms with Gasteiger partial charge in [0.25, 0.3) is 0 Å². The van der Waals surface area contributed by atoms with Crippen LogP contribution >= 0.6 is 0 Å². The maximum absolute atomic E-state index is 12.3. The highest BCUT2D eigenvalue weighted by Gasteiger charge is 2.35. The topological polar surface area (TPSA) is 46.2 Å². The second kappa shape index (κ2) is 7.41. The molecule has 1 heterocycles. The van der Waals surface area contributed by atoms with E-state index < -0.39 is 9.84 Å². The molecule has 1 aromatic carbocycles. The monoisotopic (exact) mass is 309 g/mol. The van der Waals surface area contributed by atoms with Crippen molar-refractivity contribution in [1.82, 2.24) is 5.32 Å². The molecule has 2 atom stereocenters. The van der Waals surface area contributed by atoms with Crippen LogP contribution in [0.15, 0.2) is 24.3 Å². The minimum atomic E-state index is -2.94. The van der Waals surface area contributed by atoms with Gasteiger partial charge in [0, 0.05) is 6.04 Å². The van der Waals surface area contributed by atoms with Crippen LogP contribution in [0.4, 0.5) is 0 Å². The summed E-state index contributed by atoms with van der Waals surface area (Å²) in [5.74, 6) is 0.355. The minimum absolute atomic E-state index is 0.0350. The first kappa shape index (κ1) is 16.5. The van der Waals surface area contributed by atoms with Gasteiger partial charge in [-0.1, -0.05) is 44.5 Å². The summed E-state index contributed by atoms with van der Waals surface area (Å²) < 4.78 is 24.7. The largest absolute Gasteiger partial charge is 0.313 e. The summed E-state index contributed by atoms with van der Waals surface area (Å²) >= 11 is 0. The molecular weight excluding hydrogens is 282 g/mol. The SMILES string of the molecule is CCNC(Cc1ccc(CC)cc1)C1CCCCS1(=O)=O. The molecule has 2 unspecified atom stereocenters. The first-order chi connectivity index (χ1) is 10.1. The van der Waals surface area contributed by atoms with Gasteiger partial charge in [0.15, 0.2) is 9.84 Å². The third kappa shape index (κ3) is 4.30. The van der Waals surface area contributed by atoms with Gasteiger partial charge in [-0.2, -0.15) is 0 Å². The molecule has 0 bridgehead atoms. The fraction of sp³-hybridized carbons (Fsp3) is 0.647. The molecule has 21 heavy (non-hydrogen) atoms. The number of hydrogen-bond donors (Lipinski definition) is 1. The van der Waals surface area contributed by atoms with Crippen LogP contribution < -0.4 is 5.32 Å². The molecule has 0 saturated carbocycles. The Morgan fingerprint density at radius 3 is 2.38 bits per heavy atom. The van der Waals surface area contributed by atoms with Crippen molar-refractivity contribution >= 4 is 9.84 Å². The molecule has 1 saturated heterocycles. The second-order valence-corrected chi connectivity index (χ2v) is 8.28. The van der Waals surface area contributed by atoms with Crippen LogP contribution in [0.5, 0.6) is 0 Å². The van der Waals surface area contributed by atoms with E-state index in [1.165, 1.54) is 11.1 Å². The first-order valence-corrected chi connectivity index (χ1v) is 9.81. The van der Waals surface area contributed by atoms with Crippen LogP contribution in [0, 0.1) is 0 Å². The number of likely N-dealkylation sites (N-methyl/N-ethyl adjacent to an activating group) is 1. The molecule has 1 aromatic rings. The summed E-state index contributed by atoms with van der Waals surface area (Å²) in [4.78, 5) is 0. The number of benzene rings is 1. The van der Waals surface area contributed by atoms with Crippen molar-refractivity contribution in [3.05, 3.63) is 35.4 Å². The normalized spacial score (nSPS) is 22.9. The zero-order valence-electron chi connectivity index (χ0n) is 13.1. The number of hydrogen-bond acceptors (Lipinski definition) is 3. The quantitative estimate of drug-likeness (QED) is 0.879. The lowest BCUT2D eigenvalue weighted by Crippen LogP contribution is -2.47. The first-order valence-electron chi connectivity index (χ1n) is 8.09. The molecule has 2 rings (SSSR count). The van der Waals surface area contributed by atoms with Gasteiger partial charge in [0.05, 0.1) is 11.0 Å². The van der Waals surface area contributed by atoms with Gasteiger partial charge < -0.3 is 5.32 Å². The van der Waals surface area contributed by atoms with E-state index in [0.717, 1.165) is 38.6 Å². The van der Waals surface area contributed by atoms with E-state index in [2.05, 4.69) is 36.5 Å². The third-order valence-corrected chi connectivity index (χ3v) is 6.78. The van der Waals surface area contributed by atoms with Crippen LogP contribution in [0.1, 0.15) is 44.2 Å². The molecule has 1 fully saturated rings. The average molecular weight is 309 g/mol. The molecule has 0 spiro atoms. The van der Waals surface area contributed by atoms with Gasteiger partial charge in [-0.3, -0.25) is 0 Å². The maximum atomic E-state index is 12.3. The Hall–Kier alpha value is -0.870. The minimum Gasteiger partial charge on any atom is -0.313 e. The summed E-state index contributed by atoms with van der Waals surface area (Å²) in [6.07, 6.45) is 4.48. The molecule has 0 amide bonds. The second-order valence-electron chi connectivity index (χ2n) is 5.94. The Labute approximate surface area is 129 Å². The zero-order valence-corrected chi connectivity index (χ0v) is 14.0. The van der Waals surface area contributed by atoms with Gasteiger partial charge in [0.1, 0.15) is 0 Å². The summed E-state index contributed by atoms with van der Waals surface area (Å²) in [5, 5.41) is 3.18. The van der Waals surface area contributed by atoms with Crippen LogP contribution in [0.3, 0.4) is 0 Å². The molecule has 1 N–H and O–H groups in total. The molecule has 3 nitrogen and oxygen atoms in total. The fourth-order valence-corrected chi connectivity index (χ4v) is 5.32. The molecule has 0 aromatic heterocycles. The number of rotatable bonds is 6. The number of sulfone groups is 1. The molecule has 0 radical (unpaired) electrons. The Kier molecular flexibility index (Phi) is 5.82. The maximum Gasteiger partial charge on any atom is 0.154 e. The molecule has 1 aliphatic rings. The molecule has 4 heteroatoms. The summed E-state index contributed by atoms with van der Waals surface area (Å²) in [5.41, 5.74) is 2.54. The Balaban J connectivity index is 2.14. The molecule has 1 aliphatic heterocycles. The molecular formula is C17H27NO2S. The lowest BCUT2D eigenvalue weighted by atomic mass is 9.98. The van der Waals surface area contributed by atoms with Gasteiger partial charge in [-0.25, -0.2) is 8.42 Å². The van der Waals surface area contributed by atoms with Gasteiger partial charge in [-0.05, 0) is 43.4 Å². The highest BCUT2D eigenvalue weighted by molar-refractivity contribution is 7.92. The highest BCUT2D eigenvalue weighted by atomic mass is 32.2. The van der Waals surface area contributed by atoms with Crippen molar-refractivity contribution in [2.45, 2.75) is 57.2 Å². The van der Waals surface area contributed by atoms with Crippen molar-refractivity contribution in [2.75, 3.05) is 12.3 Å². The Bertz CT molecular complexity index is 536. The van der Waals surface area contributed by atoms with Crippen LogP contribution in [0.25, 0.3) is 0 Å². The van der Waals surface area contributed by atoms with E-state index in [4.69, 9.17) is 0 Å². The van der Waals surface area contributed by atoms with Crippen molar-refractivity contribution in [3.63, 3.8) is 0 Å².